The van der Waals surface area contributed by atoms with Crippen LogP contribution in [0.15, 0.2) is 47.5 Å². The first-order valence-corrected chi connectivity index (χ1v) is 7.01. The monoisotopic (exact) mass is 312 g/mol. The lowest BCUT2D eigenvalue weighted by atomic mass is 10.1. The summed E-state index contributed by atoms with van der Waals surface area (Å²) in [5.74, 6) is 1.26. The minimum absolute atomic E-state index is 0.244. The molecule has 0 unspecified atom stereocenters. The summed E-state index contributed by atoms with van der Waals surface area (Å²) in [7, 11) is 3.11. The molecular weight excluding hydrogens is 296 g/mol. The van der Waals surface area contributed by atoms with E-state index in [9.17, 15) is 9.90 Å². The molecule has 3 aromatic rings. The highest BCUT2D eigenvalue weighted by Crippen LogP contribution is 2.22. The molecule has 0 radical (unpaired) electrons. The van der Waals surface area contributed by atoms with Crippen LogP contribution >= 0.6 is 0 Å². The second-order valence-corrected chi connectivity index (χ2v) is 4.96. The second-order valence-electron chi connectivity index (χ2n) is 4.96. The number of benzene rings is 2. The second kappa shape index (κ2) is 6.10. The number of aliphatic hydroxyl groups is 1. The van der Waals surface area contributed by atoms with Crippen LogP contribution in [0, 0.1) is 0 Å². The van der Waals surface area contributed by atoms with Gasteiger partial charge in [0.15, 0.2) is 0 Å². The lowest BCUT2D eigenvalue weighted by Gasteiger charge is -2.11. The van der Waals surface area contributed by atoms with Crippen LogP contribution in [0.2, 0.25) is 0 Å². The highest BCUT2D eigenvalue weighted by molar-refractivity contribution is 5.83. The van der Waals surface area contributed by atoms with Gasteiger partial charge in [0, 0.05) is 6.07 Å². The van der Waals surface area contributed by atoms with Gasteiger partial charge in [0.2, 0.25) is 0 Å². The highest BCUT2D eigenvalue weighted by Gasteiger charge is 2.12. The predicted octanol–water partition coefficient (Wildman–Crippen LogP) is 1.90. The van der Waals surface area contributed by atoms with Gasteiger partial charge in [-0.1, -0.05) is 0 Å². The summed E-state index contributed by atoms with van der Waals surface area (Å²) in [6.45, 7) is -0.267. The van der Waals surface area contributed by atoms with E-state index in [4.69, 9.17) is 9.47 Å². The standard InChI is InChI=1S/C17H16N2O4/c1-22-13-5-3-12(4-6-13)19-10-18-15-8-14(23-2)7-11(9-20)16(15)17(19)21/h3-8,10,20H,9H2,1-2H3. The Kier molecular flexibility index (Phi) is 3.99. The predicted molar refractivity (Wildman–Crippen MR) is 86.4 cm³/mol. The molecule has 0 saturated carbocycles. The van der Waals surface area contributed by atoms with E-state index in [1.165, 1.54) is 18.0 Å². The number of aliphatic hydroxyl groups excluding tert-OH is 1. The maximum atomic E-state index is 12.8. The van der Waals surface area contributed by atoms with E-state index in [2.05, 4.69) is 4.98 Å². The van der Waals surface area contributed by atoms with Gasteiger partial charge in [-0.05, 0) is 35.9 Å². The number of rotatable bonds is 4. The number of fused-ring (bicyclic) bond motifs is 1. The Morgan fingerprint density at radius 1 is 1.09 bits per heavy atom. The van der Waals surface area contributed by atoms with E-state index >= 15 is 0 Å². The van der Waals surface area contributed by atoms with Crippen LogP contribution in [0.1, 0.15) is 5.56 Å². The molecule has 0 fully saturated rings. The van der Waals surface area contributed by atoms with Crippen LogP contribution in [0.5, 0.6) is 11.5 Å². The fraction of sp³-hybridized carbons (Fsp3) is 0.176. The summed E-state index contributed by atoms with van der Waals surface area (Å²) in [6.07, 6.45) is 1.47. The Balaban J connectivity index is 2.23. The Bertz CT molecular complexity index is 901. The first kappa shape index (κ1) is 15.1. The molecule has 0 aliphatic carbocycles. The molecule has 6 nitrogen and oxygen atoms in total. The molecule has 0 aliphatic rings. The average Bonchev–Trinajstić information content (AvgIpc) is 2.61. The van der Waals surface area contributed by atoms with Crippen LogP contribution in [-0.2, 0) is 6.61 Å². The van der Waals surface area contributed by atoms with Crippen molar-refractivity contribution < 1.29 is 14.6 Å². The molecule has 6 heteroatoms. The molecule has 23 heavy (non-hydrogen) atoms. The van der Waals surface area contributed by atoms with Crippen LogP contribution in [0.4, 0.5) is 0 Å². The van der Waals surface area contributed by atoms with Crippen molar-refractivity contribution in [3.05, 3.63) is 58.6 Å². The first-order valence-electron chi connectivity index (χ1n) is 7.01. The molecule has 0 spiro atoms. The third-order valence-corrected chi connectivity index (χ3v) is 3.67. The van der Waals surface area contributed by atoms with Crippen LogP contribution in [0.3, 0.4) is 0 Å². The molecular formula is C17H16N2O4. The number of nitrogens with zero attached hydrogens (tertiary/aromatic N) is 2. The lowest BCUT2D eigenvalue weighted by molar-refractivity contribution is 0.282. The van der Waals surface area contributed by atoms with Crippen LogP contribution in [-0.4, -0.2) is 28.9 Å². The van der Waals surface area contributed by atoms with Gasteiger partial charge in [-0.2, -0.15) is 0 Å². The van der Waals surface area contributed by atoms with Gasteiger partial charge < -0.3 is 14.6 Å². The van der Waals surface area contributed by atoms with E-state index in [0.717, 1.165) is 0 Å². The molecule has 3 rings (SSSR count). The number of ether oxygens (including phenoxy) is 2. The molecule has 118 valence electrons. The Morgan fingerprint density at radius 3 is 2.39 bits per heavy atom. The number of hydrogen-bond acceptors (Lipinski definition) is 5. The quantitative estimate of drug-likeness (QED) is 0.796. The van der Waals surface area contributed by atoms with Gasteiger partial charge in [0.05, 0.1) is 37.4 Å². The van der Waals surface area contributed by atoms with Crippen molar-refractivity contribution >= 4 is 10.9 Å². The zero-order valence-corrected chi connectivity index (χ0v) is 12.8. The summed E-state index contributed by atoms with van der Waals surface area (Å²) in [6, 6.07) is 10.4. The zero-order valence-electron chi connectivity index (χ0n) is 12.8. The van der Waals surface area contributed by atoms with E-state index < -0.39 is 0 Å². The maximum absolute atomic E-state index is 12.8. The molecule has 0 saturated heterocycles. The van der Waals surface area contributed by atoms with Crippen molar-refractivity contribution in [1.82, 2.24) is 9.55 Å². The third-order valence-electron chi connectivity index (χ3n) is 3.67. The fourth-order valence-corrected chi connectivity index (χ4v) is 2.47. The minimum Gasteiger partial charge on any atom is -0.497 e. The topological polar surface area (TPSA) is 73.6 Å². The van der Waals surface area contributed by atoms with Gasteiger partial charge >= 0.3 is 0 Å². The number of methoxy groups -OCH3 is 2. The third kappa shape index (κ3) is 2.64. The SMILES string of the molecule is COc1ccc(-n2cnc3cc(OC)cc(CO)c3c2=O)cc1. The molecule has 2 aromatic carbocycles. The smallest absolute Gasteiger partial charge is 0.266 e. The maximum Gasteiger partial charge on any atom is 0.266 e. The van der Waals surface area contributed by atoms with Gasteiger partial charge in [-0.3, -0.25) is 9.36 Å². The van der Waals surface area contributed by atoms with Crippen molar-refractivity contribution in [3.8, 4) is 17.2 Å². The Hall–Kier alpha value is -2.86. The van der Waals surface area contributed by atoms with Gasteiger partial charge in [0.25, 0.3) is 5.56 Å². The van der Waals surface area contributed by atoms with Gasteiger partial charge in [-0.25, -0.2) is 4.98 Å². The summed E-state index contributed by atoms with van der Waals surface area (Å²) >= 11 is 0. The lowest BCUT2D eigenvalue weighted by Crippen LogP contribution is -2.20. The van der Waals surface area contributed by atoms with Crippen molar-refractivity contribution in [3.63, 3.8) is 0 Å². The summed E-state index contributed by atoms with van der Waals surface area (Å²) in [5, 5.41) is 9.94. The van der Waals surface area contributed by atoms with Crippen molar-refractivity contribution in [2.45, 2.75) is 6.61 Å². The average molecular weight is 312 g/mol. The summed E-state index contributed by atoms with van der Waals surface area (Å²) in [5.41, 5.74) is 1.40. The summed E-state index contributed by atoms with van der Waals surface area (Å²) < 4.78 is 11.7. The first-order chi connectivity index (χ1) is 11.2. The number of aromatic nitrogens is 2. The molecule has 0 atom stereocenters. The molecule has 0 amide bonds. The van der Waals surface area contributed by atoms with E-state index in [0.29, 0.717) is 33.7 Å². The largest absolute Gasteiger partial charge is 0.497 e. The Labute approximate surface area is 132 Å². The van der Waals surface area contributed by atoms with E-state index in [1.54, 1.807) is 43.5 Å². The van der Waals surface area contributed by atoms with E-state index in [1.807, 2.05) is 0 Å². The van der Waals surface area contributed by atoms with Gasteiger partial charge in [0.1, 0.15) is 17.8 Å². The highest BCUT2D eigenvalue weighted by atomic mass is 16.5. The molecule has 0 aliphatic heterocycles. The van der Waals surface area contributed by atoms with Crippen molar-refractivity contribution in [1.29, 1.82) is 0 Å². The van der Waals surface area contributed by atoms with Crippen molar-refractivity contribution in [2.75, 3.05) is 14.2 Å². The van der Waals surface area contributed by atoms with Crippen LogP contribution in [0.25, 0.3) is 16.6 Å². The summed E-state index contributed by atoms with van der Waals surface area (Å²) in [4.78, 5) is 17.1. The van der Waals surface area contributed by atoms with Crippen molar-refractivity contribution in [2.24, 2.45) is 0 Å². The molecule has 1 aromatic heterocycles. The minimum atomic E-state index is -0.267. The van der Waals surface area contributed by atoms with Gasteiger partial charge in [-0.15, -0.1) is 0 Å². The molecule has 1 N–H and O–H groups in total. The number of hydrogen-bond donors (Lipinski definition) is 1. The van der Waals surface area contributed by atoms with Crippen LogP contribution < -0.4 is 15.0 Å². The molecule has 0 bridgehead atoms. The zero-order chi connectivity index (χ0) is 16.4. The Morgan fingerprint density at radius 2 is 1.78 bits per heavy atom. The molecule has 1 heterocycles. The normalized spacial score (nSPS) is 10.7. The van der Waals surface area contributed by atoms with E-state index in [-0.39, 0.29) is 12.2 Å². The fourth-order valence-electron chi connectivity index (χ4n) is 2.47.